The normalized spacial score (nSPS) is 16.9. The average Bonchev–Trinajstić information content (AvgIpc) is 2.37. The van der Waals surface area contributed by atoms with E-state index in [9.17, 15) is 4.79 Å². The fourth-order valence-electron chi connectivity index (χ4n) is 2.53. The first-order valence-corrected chi connectivity index (χ1v) is 6.59. The number of amides is 1. The van der Waals surface area contributed by atoms with Crippen molar-refractivity contribution in [1.82, 2.24) is 4.98 Å². The van der Waals surface area contributed by atoms with E-state index in [0.29, 0.717) is 6.42 Å². The van der Waals surface area contributed by atoms with Crippen molar-refractivity contribution in [2.45, 2.75) is 31.2 Å². The quantitative estimate of drug-likeness (QED) is 0.885. The molecule has 1 saturated carbocycles. The SMILES string of the molecule is NC1(CC(=O)Nc2cccc3ncccc23)CCC1. The molecule has 0 spiro atoms. The number of hydrogen-bond acceptors (Lipinski definition) is 3. The van der Waals surface area contributed by atoms with Crippen LogP contribution in [0.5, 0.6) is 0 Å². The number of fused-ring (bicyclic) bond motifs is 1. The lowest BCUT2D eigenvalue weighted by Crippen LogP contribution is -2.48. The third-order valence-electron chi connectivity index (χ3n) is 3.78. The summed E-state index contributed by atoms with van der Waals surface area (Å²) in [6.45, 7) is 0. The largest absolute Gasteiger partial charge is 0.325 e. The fourth-order valence-corrected chi connectivity index (χ4v) is 2.53. The van der Waals surface area contributed by atoms with Gasteiger partial charge in [-0.25, -0.2) is 0 Å². The Morgan fingerprint density at radius 1 is 1.32 bits per heavy atom. The number of nitrogens with two attached hydrogens (primary N) is 1. The van der Waals surface area contributed by atoms with Crippen molar-refractivity contribution in [2.75, 3.05) is 5.32 Å². The Balaban J connectivity index is 1.79. The summed E-state index contributed by atoms with van der Waals surface area (Å²) in [7, 11) is 0. The van der Waals surface area contributed by atoms with E-state index in [0.717, 1.165) is 35.9 Å². The first kappa shape index (κ1) is 12.1. The summed E-state index contributed by atoms with van der Waals surface area (Å²) in [5.41, 5.74) is 7.50. The van der Waals surface area contributed by atoms with Crippen molar-refractivity contribution >= 4 is 22.5 Å². The molecule has 2 aromatic rings. The summed E-state index contributed by atoms with van der Waals surface area (Å²) in [6, 6.07) is 9.55. The molecule has 3 rings (SSSR count). The van der Waals surface area contributed by atoms with Crippen LogP contribution in [0.3, 0.4) is 0 Å². The van der Waals surface area contributed by atoms with Gasteiger partial charge in [-0.1, -0.05) is 6.07 Å². The molecular weight excluding hydrogens is 238 g/mol. The van der Waals surface area contributed by atoms with E-state index in [1.807, 2.05) is 30.3 Å². The van der Waals surface area contributed by atoms with Crippen molar-refractivity contribution in [2.24, 2.45) is 5.73 Å². The maximum Gasteiger partial charge on any atom is 0.226 e. The molecule has 1 aromatic carbocycles. The van der Waals surface area contributed by atoms with Crippen molar-refractivity contribution in [3.63, 3.8) is 0 Å². The minimum atomic E-state index is -0.285. The first-order valence-electron chi connectivity index (χ1n) is 6.59. The summed E-state index contributed by atoms with van der Waals surface area (Å²) < 4.78 is 0. The van der Waals surface area contributed by atoms with E-state index in [1.54, 1.807) is 6.20 Å². The van der Waals surface area contributed by atoms with Gasteiger partial charge >= 0.3 is 0 Å². The third kappa shape index (κ3) is 2.44. The fraction of sp³-hybridized carbons (Fsp3) is 0.333. The molecule has 4 heteroatoms. The zero-order valence-corrected chi connectivity index (χ0v) is 10.7. The molecule has 1 aliphatic carbocycles. The lowest BCUT2D eigenvalue weighted by atomic mass is 9.75. The molecule has 1 amide bonds. The zero-order chi connectivity index (χ0) is 13.3. The molecule has 3 N–H and O–H groups in total. The van der Waals surface area contributed by atoms with Crippen LogP contribution in [0.15, 0.2) is 36.5 Å². The molecule has 98 valence electrons. The van der Waals surface area contributed by atoms with Crippen molar-refractivity contribution in [1.29, 1.82) is 0 Å². The van der Waals surface area contributed by atoms with Crippen LogP contribution in [0, 0.1) is 0 Å². The van der Waals surface area contributed by atoms with Gasteiger partial charge in [0.1, 0.15) is 0 Å². The van der Waals surface area contributed by atoms with E-state index >= 15 is 0 Å². The van der Waals surface area contributed by atoms with Crippen LogP contribution < -0.4 is 11.1 Å². The van der Waals surface area contributed by atoms with E-state index in [2.05, 4.69) is 10.3 Å². The molecule has 1 aromatic heterocycles. The van der Waals surface area contributed by atoms with Crippen molar-refractivity contribution < 1.29 is 4.79 Å². The molecule has 1 heterocycles. The summed E-state index contributed by atoms with van der Waals surface area (Å²) in [5, 5.41) is 3.91. The lowest BCUT2D eigenvalue weighted by molar-refractivity contribution is -0.118. The van der Waals surface area contributed by atoms with Gasteiger partial charge in [-0.05, 0) is 43.5 Å². The Hall–Kier alpha value is -1.94. The molecular formula is C15H17N3O. The van der Waals surface area contributed by atoms with Gasteiger partial charge < -0.3 is 11.1 Å². The van der Waals surface area contributed by atoms with Gasteiger partial charge in [-0.15, -0.1) is 0 Å². The minimum absolute atomic E-state index is 0.0152. The van der Waals surface area contributed by atoms with E-state index in [1.165, 1.54) is 0 Å². The second-order valence-electron chi connectivity index (χ2n) is 5.32. The summed E-state index contributed by atoms with van der Waals surface area (Å²) in [6.07, 6.45) is 5.15. The highest BCUT2D eigenvalue weighted by Crippen LogP contribution is 2.32. The molecule has 0 radical (unpaired) electrons. The van der Waals surface area contributed by atoms with Gasteiger partial charge in [-0.3, -0.25) is 9.78 Å². The van der Waals surface area contributed by atoms with Crippen LogP contribution in [0.2, 0.25) is 0 Å². The molecule has 0 unspecified atom stereocenters. The maximum atomic E-state index is 12.1. The molecule has 4 nitrogen and oxygen atoms in total. The number of benzene rings is 1. The Labute approximate surface area is 112 Å². The maximum absolute atomic E-state index is 12.1. The van der Waals surface area contributed by atoms with Crippen LogP contribution in [-0.2, 0) is 4.79 Å². The van der Waals surface area contributed by atoms with Crippen LogP contribution in [0.4, 0.5) is 5.69 Å². The van der Waals surface area contributed by atoms with Crippen molar-refractivity contribution in [3.8, 4) is 0 Å². The molecule has 0 atom stereocenters. The minimum Gasteiger partial charge on any atom is -0.325 e. The number of nitrogens with zero attached hydrogens (tertiary/aromatic N) is 1. The number of nitrogens with one attached hydrogen (secondary N) is 1. The van der Waals surface area contributed by atoms with Gasteiger partial charge in [0, 0.05) is 23.5 Å². The van der Waals surface area contributed by atoms with Gasteiger partial charge in [0.25, 0.3) is 0 Å². The first-order chi connectivity index (χ1) is 9.16. The monoisotopic (exact) mass is 255 g/mol. The molecule has 0 aliphatic heterocycles. The third-order valence-corrected chi connectivity index (χ3v) is 3.78. The van der Waals surface area contributed by atoms with E-state index < -0.39 is 0 Å². The smallest absolute Gasteiger partial charge is 0.226 e. The Bertz CT molecular complexity index is 614. The number of pyridine rings is 1. The second-order valence-corrected chi connectivity index (χ2v) is 5.32. The average molecular weight is 255 g/mol. The predicted molar refractivity (Wildman–Crippen MR) is 75.8 cm³/mol. The number of aromatic nitrogens is 1. The topological polar surface area (TPSA) is 68.0 Å². The van der Waals surface area contributed by atoms with Crippen molar-refractivity contribution in [3.05, 3.63) is 36.5 Å². The zero-order valence-electron chi connectivity index (χ0n) is 10.7. The Kier molecular flexibility index (Phi) is 2.95. The van der Waals surface area contributed by atoms with Crippen LogP contribution in [-0.4, -0.2) is 16.4 Å². The van der Waals surface area contributed by atoms with Crippen LogP contribution in [0.1, 0.15) is 25.7 Å². The highest BCUT2D eigenvalue weighted by Gasteiger charge is 2.34. The number of carbonyl (C=O) groups excluding carboxylic acids is 1. The number of rotatable bonds is 3. The molecule has 0 bridgehead atoms. The number of anilines is 1. The highest BCUT2D eigenvalue weighted by atomic mass is 16.1. The Morgan fingerprint density at radius 3 is 2.89 bits per heavy atom. The van der Waals surface area contributed by atoms with Gasteiger partial charge in [-0.2, -0.15) is 0 Å². The van der Waals surface area contributed by atoms with Crippen LogP contribution >= 0.6 is 0 Å². The van der Waals surface area contributed by atoms with Gasteiger partial charge in [0.05, 0.1) is 11.2 Å². The van der Waals surface area contributed by atoms with E-state index in [-0.39, 0.29) is 11.4 Å². The molecule has 0 saturated heterocycles. The van der Waals surface area contributed by atoms with Crippen LogP contribution in [0.25, 0.3) is 10.9 Å². The van der Waals surface area contributed by atoms with Gasteiger partial charge in [0.15, 0.2) is 0 Å². The molecule has 19 heavy (non-hydrogen) atoms. The number of hydrogen-bond donors (Lipinski definition) is 2. The summed E-state index contributed by atoms with van der Waals surface area (Å²) in [5.74, 6) is -0.0152. The highest BCUT2D eigenvalue weighted by molar-refractivity contribution is 6.01. The standard InChI is InChI=1S/C15H17N3O/c16-15(7-3-8-15)10-14(19)18-13-6-1-5-12-11(13)4-2-9-17-12/h1-2,4-6,9H,3,7-8,10,16H2,(H,18,19). The van der Waals surface area contributed by atoms with Gasteiger partial charge in [0.2, 0.25) is 5.91 Å². The summed E-state index contributed by atoms with van der Waals surface area (Å²) >= 11 is 0. The second kappa shape index (κ2) is 4.63. The molecule has 1 fully saturated rings. The molecule has 1 aliphatic rings. The lowest BCUT2D eigenvalue weighted by Gasteiger charge is -2.37. The number of carbonyl (C=O) groups is 1. The predicted octanol–water partition coefficient (Wildman–Crippen LogP) is 2.44. The Morgan fingerprint density at radius 2 is 2.16 bits per heavy atom. The summed E-state index contributed by atoms with van der Waals surface area (Å²) in [4.78, 5) is 16.3. The van der Waals surface area contributed by atoms with E-state index in [4.69, 9.17) is 5.73 Å².